The first kappa shape index (κ1) is 20.4. The van der Waals surface area contributed by atoms with Gasteiger partial charge in [0.25, 0.3) is 0 Å². The van der Waals surface area contributed by atoms with Gasteiger partial charge < -0.3 is 13.9 Å². The van der Waals surface area contributed by atoms with Crippen LogP contribution in [0.25, 0.3) is 11.0 Å². The van der Waals surface area contributed by atoms with Crippen molar-refractivity contribution in [1.82, 2.24) is 19.4 Å². The van der Waals surface area contributed by atoms with Crippen LogP contribution >= 0.6 is 0 Å². The summed E-state index contributed by atoms with van der Waals surface area (Å²) in [5, 5.41) is 0. The molecule has 7 heteroatoms. The number of rotatable bonds is 5. The molecule has 1 saturated heterocycles. The molecule has 0 aliphatic carbocycles. The molecule has 1 aliphatic heterocycles. The predicted molar refractivity (Wildman–Crippen MR) is 119 cm³/mol. The first-order valence-electron chi connectivity index (χ1n) is 11.0. The maximum Gasteiger partial charge on any atom is 0.242 e. The molecule has 1 amide bonds. The number of para-hydroxylation sites is 2. The number of piperidine rings is 1. The molecule has 2 aromatic heterocycles. The third-order valence-electron chi connectivity index (χ3n) is 6.13. The van der Waals surface area contributed by atoms with E-state index in [1.54, 1.807) is 18.3 Å². The number of imidazole rings is 1. The van der Waals surface area contributed by atoms with E-state index in [1.807, 2.05) is 40.7 Å². The van der Waals surface area contributed by atoms with Gasteiger partial charge in [-0.3, -0.25) is 4.79 Å². The van der Waals surface area contributed by atoms with Gasteiger partial charge in [-0.05, 0) is 49.6 Å². The van der Waals surface area contributed by atoms with Gasteiger partial charge in [-0.1, -0.05) is 24.3 Å². The van der Waals surface area contributed by atoms with Crippen molar-refractivity contribution in [2.45, 2.75) is 38.6 Å². The number of carbonyl (C=O) groups is 1. The van der Waals surface area contributed by atoms with Crippen LogP contribution in [0.15, 0.2) is 59.1 Å². The quantitative estimate of drug-likeness (QED) is 0.467. The number of halogens is 1. The number of oxazole rings is 1. The standard InChI is InChI=1S/C25H25FN4O2/c1-17-28-22-6-2-3-7-23(22)30(17)16-24(31)29-12-4-5-19(15-29)25-27-14-21(32-25)13-18-8-10-20(26)11-9-18/h2-3,6-11,14,19H,4-5,12-13,15-16H2,1H3/t19-/m1/s1. The van der Waals surface area contributed by atoms with E-state index < -0.39 is 0 Å². The van der Waals surface area contributed by atoms with Crippen LogP contribution in [0, 0.1) is 12.7 Å². The second-order valence-corrected chi connectivity index (χ2v) is 8.38. The van der Waals surface area contributed by atoms with E-state index in [2.05, 4.69) is 9.97 Å². The third kappa shape index (κ3) is 4.15. The Morgan fingerprint density at radius 3 is 2.84 bits per heavy atom. The summed E-state index contributed by atoms with van der Waals surface area (Å²) in [6, 6.07) is 14.3. The van der Waals surface area contributed by atoms with Gasteiger partial charge in [-0.2, -0.15) is 0 Å². The topological polar surface area (TPSA) is 64.2 Å². The molecule has 0 N–H and O–H groups in total. The number of aromatic nitrogens is 3. The molecule has 0 unspecified atom stereocenters. The minimum atomic E-state index is -0.252. The molecule has 6 nitrogen and oxygen atoms in total. The number of hydrogen-bond acceptors (Lipinski definition) is 4. The van der Waals surface area contributed by atoms with Gasteiger partial charge in [0.15, 0.2) is 5.89 Å². The van der Waals surface area contributed by atoms with Gasteiger partial charge in [-0.15, -0.1) is 0 Å². The van der Waals surface area contributed by atoms with E-state index in [0.29, 0.717) is 18.9 Å². The molecule has 32 heavy (non-hydrogen) atoms. The Hall–Kier alpha value is -3.48. The minimum Gasteiger partial charge on any atom is -0.445 e. The Balaban J connectivity index is 1.26. The Kier molecular flexibility index (Phi) is 5.47. The van der Waals surface area contributed by atoms with Gasteiger partial charge in [-0.25, -0.2) is 14.4 Å². The largest absolute Gasteiger partial charge is 0.445 e. The van der Waals surface area contributed by atoms with Crippen molar-refractivity contribution in [3.05, 3.63) is 83.6 Å². The average molecular weight is 432 g/mol. The summed E-state index contributed by atoms with van der Waals surface area (Å²) in [7, 11) is 0. The fourth-order valence-corrected chi connectivity index (χ4v) is 4.43. The van der Waals surface area contributed by atoms with Crippen molar-refractivity contribution >= 4 is 16.9 Å². The molecule has 3 heterocycles. The smallest absolute Gasteiger partial charge is 0.242 e. The summed E-state index contributed by atoms with van der Waals surface area (Å²) in [6.07, 6.45) is 4.15. The zero-order chi connectivity index (χ0) is 22.1. The van der Waals surface area contributed by atoms with Crippen LogP contribution < -0.4 is 0 Å². The molecule has 1 atom stereocenters. The number of likely N-dealkylation sites (tertiary alicyclic amines) is 1. The molecular formula is C25H25FN4O2. The van der Waals surface area contributed by atoms with Crippen molar-refractivity contribution in [3.63, 3.8) is 0 Å². The summed E-state index contributed by atoms with van der Waals surface area (Å²) in [5.74, 6) is 2.16. The van der Waals surface area contributed by atoms with Gasteiger partial charge in [0.1, 0.15) is 23.9 Å². The number of fused-ring (bicyclic) bond motifs is 1. The van der Waals surface area contributed by atoms with Crippen molar-refractivity contribution in [2.75, 3.05) is 13.1 Å². The van der Waals surface area contributed by atoms with E-state index >= 15 is 0 Å². The average Bonchev–Trinajstić information content (AvgIpc) is 3.40. The van der Waals surface area contributed by atoms with Gasteiger partial charge in [0.2, 0.25) is 5.91 Å². The van der Waals surface area contributed by atoms with E-state index in [0.717, 1.165) is 47.6 Å². The molecule has 0 saturated carbocycles. The maximum absolute atomic E-state index is 13.1. The third-order valence-corrected chi connectivity index (χ3v) is 6.13. The Morgan fingerprint density at radius 1 is 1.19 bits per heavy atom. The van der Waals surface area contributed by atoms with Crippen LogP contribution in [0.4, 0.5) is 4.39 Å². The molecule has 164 valence electrons. The molecular weight excluding hydrogens is 407 g/mol. The number of benzene rings is 2. The first-order valence-corrected chi connectivity index (χ1v) is 11.0. The fourth-order valence-electron chi connectivity index (χ4n) is 4.43. The zero-order valence-electron chi connectivity index (χ0n) is 18.0. The van der Waals surface area contributed by atoms with Gasteiger partial charge in [0.05, 0.1) is 23.1 Å². The van der Waals surface area contributed by atoms with E-state index in [9.17, 15) is 9.18 Å². The molecule has 1 aliphatic rings. The van der Waals surface area contributed by atoms with Gasteiger partial charge >= 0.3 is 0 Å². The summed E-state index contributed by atoms with van der Waals surface area (Å²) in [5.41, 5.74) is 2.85. The Bertz CT molecular complexity index is 1240. The van der Waals surface area contributed by atoms with Crippen LogP contribution in [0.1, 0.15) is 41.8 Å². The molecule has 1 fully saturated rings. The number of nitrogens with zero attached hydrogens (tertiary/aromatic N) is 4. The highest BCUT2D eigenvalue weighted by molar-refractivity contribution is 5.81. The Morgan fingerprint density at radius 2 is 2.00 bits per heavy atom. The molecule has 5 rings (SSSR count). The second kappa shape index (κ2) is 8.57. The highest BCUT2D eigenvalue weighted by Crippen LogP contribution is 2.28. The van der Waals surface area contributed by atoms with Crippen LogP contribution in [0.5, 0.6) is 0 Å². The number of aryl methyl sites for hydroxylation is 1. The lowest BCUT2D eigenvalue weighted by Crippen LogP contribution is -2.41. The predicted octanol–water partition coefficient (Wildman–Crippen LogP) is 4.47. The fraction of sp³-hybridized carbons (Fsp3) is 0.320. The number of hydrogen-bond donors (Lipinski definition) is 0. The SMILES string of the molecule is Cc1nc2ccccc2n1CC(=O)N1CCC[C@@H](c2ncc(Cc3ccc(F)cc3)o2)C1. The molecule has 4 aromatic rings. The normalized spacial score (nSPS) is 16.6. The van der Waals surface area contributed by atoms with Crippen molar-refractivity contribution in [1.29, 1.82) is 0 Å². The maximum atomic E-state index is 13.1. The second-order valence-electron chi connectivity index (χ2n) is 8.38. The lowest BCUT2D eigenvalue weighted by molar-refractivity contribution is -0.133. The summed E-state index contributed by atoms with van der Waals surface area (Å²) in [6.45, 7) is 3.55. The summed E-state index contributed by atoms with van der Waals surface area (Å²) < 4.78 is 21.1. The van der Waals surface area contributed by atoms with E-state index in [-0.39, 0.29) is 24.2 Å². The van der Waals surface area contributed by atoms with Crippen molar-refractivity contribution in [2.24, 2.45) is 0 Å². The van der Waals surface area contributed by atoms with Crippen molar-refractivity contribution in [3.8, 4) is 0 Å². The monoisotopic (exact) mass is 432 g/mol. The van der Waals surface area contributed by atoms with Crippen LogP contribution in [-0.2, 0) is 17.8 Å². The summed E-state index contributed by atoms with van der Waals surface area (Å²) >= 11 is 0. The van der Waals surface area contributed by atoms with Crippen LogP contribution in [0.3, 0.4) is 0 Å². The lowest BCUT2D eigenvalue weighted by atomic mass is 9.98. The Labute approximate surface area is 185 Å². The highest BCUT2D eigenvalue weighted by atomic mass is 19.1. The van der Waals surface area contributed by atoms with Gasteiger partial charge in [0, 0.05) is 19.5 Å². The van der Waals surface area contributed by atoms with E-state index in [1.165, 1.54) is 12.1 Å². The molecule has 0 spiro atoms. The summed E-state index contributed by atoms with van der Waals surface area (Å²) in [4.78, 5) is 24.1. The minimum absolute atomic E-state index is 0.0790. The highest BCUT2D eigenvalue weighted by Gasteiger charge is 2.28. The van der Waals surface area contributed by atoms with E-state index in [4.69, 9.17) is 4.42 Å². The number of amides is 1. The number of carbonyl (C=O) groups excluding carboxylic acids is 1. The van der Waals surface area contributed by atoms with Crippen molar-refractivity contribution < 1.29 is 13.6 Å². The van der Waals surface area contributed by atoms with Crippen LogP contribution in [-0.4, -0.2) is 38.4 Å². The first-order chi connectivity index (χ1) is 15.6. The zero-order valence-corrected chi connectivity index (χ0v) is 18.0. The molecule has 0 bridgehead atoms. The lowest BCUT2D eigenvalue weighted by Gasteiger charge is -2.31. The molecule has 0 radical (unpaired) electrons. The molecule has 2 aromatic carbocycles. The van der Waals surface area contributed by atoms with Crippen LogP contribution in [0.2, 0.25) is 0 Å².